The molecule has 0 aliphatic rings. The van der Waals surface area contributed by atoms with E-state index in [4.69, 9.17) is 5.21 Å². The van der Waals surface area contributed by atoms with Gasteiger partial charge >= 0.3 is 0 Å². The first-order valence-electron chi connectivity index (χ1n) is 7.88. The highest BCUT2D eigenvalue weighted by Gasteiger charge is 2.08. The predicted octanol–water partition coefficient (Wildman–Crippen LogP) is 3.76. The summed E-state index contributed by atoms with van der Waals surface area (Å²) < 4.78 is 0. The number of aliphatic hydroxyl groups is 1. The summed E-state index contributed by atoms with van der Waals surface area (Å²) in [6.45, 7) is 2.06. The number of carbonyl (C=O) groups excluding carboxylic acids is 1. The van der Waals surface area contributed by atoms with Crippen LogP contribution < -0.4 is 5.48 Å². The van der Waals surface area contributed by atoms with Crippen molar-refractivity contribution in [2.24, 2.45) is 0 Å². The Labute approximate surface area is 136 Å². The highest BCUT2D eigenvalue weighted by atomic mass is 16.5. The molecule has 122 valence electrons. The lowest BCUT2D eigenvalue weighted by Gasteiger charge is -2.12. The number of amides is 1. The number of hydrogen-bond acceptors (Lipinski definition) is 3. The molecule has 0 saturated heterocycles. The quantitative estimate of drug-likeness (QED) is 0.414. The van der Waals surface area contributed by atoms with Gasteiger partial charge in [-0.05, 0) is 36.5 Å². The minimum absolute atomic E-state index is 0.273. The molecule has 0 spiro atoms. The van der Waals surface area contributed by atoms with Gasteiger partial charge in [-0.3, -0.25) is 10.0 Å². The van der Waals surface area contributed by atoms with Crippen molar-refractivity contribution in [1.29, 1.82) is 0 Å². The van der Waals surface area contributed by atoms with Gasteiger partial charge in [-0.25, -0.2) is 5.48 Å². The van der Waals surface area contributed by atoms with Gasteiger partial charge in [-0.15, -0.1) is 0 Å². The highest BCUT2D eigenvalue weighted by Crippen LogP contribution is 2.24. The zero-order valence-corrected chi connectivity index (χ0v) is 13.3. The van der Waals surface area contributed by atoms with Crippen LogP contribution in [0.25, 0.3) is 11.1 Å². The number of benzene rings is 2. The van der Waals surface area contributed by atoms with Crippen LogP contribution >= 0.6 is 0 Å². The van der Waals surface area contributed by atoms with Crippen molar-refractivity contribution in [1.82, 2.24) is 5.48 Å². The molecule has 0 aliphatic carbocycles. The van der Waals surface area contributed by atoms with Gasteiger partial charge in [0.05, 0.1) is 6.10 Å². The number of rotatable bonds is 7. The summed E-state index contributed by atoms with van der Waals surface area (Å²) in [4.78, 5) is 10.9. The zero-order chi connectivity index (χ0) is 16.7. The van der Waals surface area contributed by atoms with Crippen molar-refractivity contribution >= 4 is 5.91 Å². The average Bonchev–Trinajstić information content (AvgIpc) is 2.59. The summed E-state index contributed by atoms with van der Waals surface area (Å²) in [7, 11) is 0. The molecule has 0 aromatic heterocycles. The Hall–Kier alpha value is -2.17. The van der Waals surface area contributed by atoms with Crippen LogP contribution in [0.5, 0.6) is 0 Å². The topological polar surface area (TPSA) is 69.6 Å². The highest BCUT2D eigenvalue weighted by molar-refractivity contribution is 5.74. The summed E-state index contributed by atoms with van der Waals surface area (Å²) in [6.07, 6.45) is 1.72. The SMILES string of the molecule is Cc1ccc(-c2ccc(C(O)CCCCC(=O)NO)cc2)cc1. The molecule has 2 aromatic rings. The van der Waals surface area contributed by atoms with Crippen molar-refractivity contribution < 1.29 is 15.1 Å². The largest absolute Gasteiger partial charge is 0.388 e. The van der Waals surface area contributed by atoms with Crippen LogP contribution in [-0.2, 0) is 4.79 Å². The van der Waals surface area contributed by atoms with Gasteiger partial charge in [0.25, 0.3) is 0 Å². The number of hydrogen-bond donors (Lipinski definition) is 3. The van der Waals surface area contributed by atoms with Gasteiger partial charge in [0.15, 0.2) is 0 Å². The molecule has 0 saturated carbocycles. The Bertz CT molecular complexity index is 620. The molecule has 3 N–H and O–H groups in total. The van der Waals surface area contributed by atoms with Crippen molar-refractivity contribution in [3.8, 4) is 11.1 Å². The first-order chi connectivity index (χ1) is 11.1. The zero-order valence-electron chi connectivity index (χ0n) is 13.3. The van der Waals surface area contributed by atoms with E-state index in [0.717, 1.165) is 23.1 Å². The molecule has 4 heteroatoms. The molecule has 23 heavy (non-hydrogen) atoms. The van der Waals surface area contributed by atoms with E-state index >= 15 is 0 Å². The maximum absolute atomic E-state index is 10.9. The lowest BCUT2D eigenvalue weighted by atomic mass is 9.99. The summed E-state index contributed by atoms with van der Waals surface area (Å²) in [5, 5.41) is 18.6. The fourth-order valence-electron chi connectivity index (χ4n) is 2.49. The summed E-state index contributed by atoms with van der Waals surface area (Å²) >= 11 is 0. The van der Waals surface area contributed by atoms with E-state index in [1.807, 2.05) is 24.3 Å². The maximum Gasteiger partial charge on any atom is 0.243 e. The first kappa shape index (κ1) is 17.2. The minimum atomic E-state index is -0.528. The third-order valence-corrected chi connectivity index (χ3v) is 3.94. The lowest BCUT2D eigenvalue weighted by Crippen LogP contribution is -2.17. The number of hydroxylamine groups is 1. The van der Waals surface area contributed by atoms with Gasteiger partial charge in [0.2, 0.25) is 5.91 Å². The Balaban J connectivity index is 1.88. The summed E-state index contributed by atoms with van der Waals surface area (Å²) in [5.74, 6) is -0.387. The second-order valence-corrected chi connectivity index (χ2v) is 5.78. The number of unbranched alkanes of at least 4 members (excludes halogenated alkanes) is 1. The van der Waals surface area contributed by atoms with Crippen LogP contribution in [0.15, 0.2) is 48.5 Å². The van der Waals surface area contributed by atoms with Crippen LogP contribution in [0.3, 0.4) is 0 Å². The monoisotopic (exact) mass is 313 g/mol. The summed E-state index contributed by atoms with van der Waals surface area (Å²) in [6, 6.07) is 16.3. The van der Waals surface area contributed by atoms with Crippen molar-refractivity contribution in [3.63, 3.8) is 0 Å². The standard InChI is InChI=1S/C19H23NO3/c1-14-6-8-15(9-7-14)16-10-12-17(13-11-16)18(21)4-2-3-5-19(22)20-23/h6-13,18,21,23H,2-5H2,1H3,(H,20,22). The molecule has 0 heterocycles. The maximum atomic E-state index is 10.9. The van der Waals surface area contributed by atoms with Gasteiger partial charge < -0.3 is 5.11 Å². The Morgan fingerprint density at radius 1 is 1.00 bits per heavy atom. The Morgan fingerprint density at radius 2 is 1.57 bits per heavy atom. The number of aryl methyl sites for hydroxylation is 1. The van der Waals surface area contributed by atoms with Gasteiger partial charge in [0.1, 0.15) is 0 Å². The second kappa shape index (κ2) is 8.46. The van der Waals surface area contributed by atoms with E-state index in [0.29, 0.717) is 12.8 Å². The normalized spacial score (nSPS) is 12.0. The van der Waals surface area contributed by atoms with Crippen molar-refractivity contribution in [3.05, 3.63) is 59.7 Å². The number of carbonyl (C=O) groups is 1. The first-order valence-corrected chi connectivity index (χ1v) is 7.88. The molecule has 1 unspecified atom stereocenters. The molecular formula is C19H23NO3. The van der Waals surface area contributed by atoms with Crippen LogP contribution in [0.2, 0.25) is 0 Å². The fraction of sp³-hybridized carbons (Fsp3) is 0.316. The molecule has 4 nitrogen and oxygen atoms in total. The van der Waals surface area contributed by atoms with Gasteiger partial charge in [-0.2, -0.15) is 0 Å². The lowest BCUT2D eigenvalue weighted by molar-refractivity contribution is -0.129. The molecule has 0 aliphatic heterocycles. The second-order valence-electron chi connectivity index (χ2n) is 5.78. The van der Waals surface area contributed by atoms with E-state index in [-0.39, 0.29) is 12.3 Å². The Kier molecular flexibility index (Phi) is 6.32. The number of nitrogens with one attached hydrogen (secondary N) is 1. The molecule has 0 bridgehead atoms. The molecule has 2 rings (SSSR count). The van der Waals surface area contributed by atoms with Crippen LogP contribution in [-0.4, -0.2) is 16.2 Å². The van der Waals surface area contributed by atoms with E-state index in [9.17, 15) is 9.90 Å². The van der Waals surface area contributed by atoms with Gasteiger partial charge in [0, 0.05) is 6.42 Å². The minimum Gasteiger partial charge on any atom is -0.388 e. The van der Waals surface area contributed by atoms with E-state index in [1.54, 1.807) is 5.48 Å². The molecular weight excluding hydrogens is 290 g/mol. The van der Waals surface area contributed by atoms with Crippen LogP contribution in [0.4, 0.5) is 0 Å². The molecule has 1 atom stereocenters. The van der Waals surface area contributed by atoms with Crippen LogP contribution in [0, 0.1) is 6.92 Å². The van der Waals surface area contributed by atoms with E-state index in [1.165, 1.54) is 5.56 Å². The third kappa shape index (κ3) is 5.20. The third-order valence-electron chi connectivity index (χ3n) is 3.94. The van der Waals surface area contributed by atoms with Crippen molar-refractivity contribution in [2.75, 3.05) is 0 Å². The Morgan fingerprint density at radius 3 is 2.13 bits per heavy atom. The van der Waals surface area contributed by atoms with Crippen molar-refractivity contribution in [2.45, 2.75) is 38.7 Å². The van der Waals surface area contributed by atoms with Crippen LogP contribution in [0.1, 0.15) is 42.9 Å². The molecule has 2 aromatic carbocycles. The predicted molar refractivity (Wildman–Crippen MR) is 90.0 cm³/mol. The molecule has 0 radical (unpaired) electrons. The van der Waals surface area contributed by atoms with Gasteiger partial charge in [-0.1, -0.05) is 60.5 Å². The number of aliphatic hydroxyl groups excluding tert-OH is 1. The molecule has 1 amide bonds. The van der Waals surface area contributed by atoms with E-state index < -0.39 is 6.10 Å². The fourth-order valence-corrected chi connectivity index (χ4v) is 2.49. The average molecular weight is 313 g/mol. The molecule has 0 fully saturated rings. The smallest absolute Gasteiger partial charge is 0.243 e. The summed E-state index contributed by atoms with van der Waals surface area (Å²) in [5.41, 5.74) is 6.01. The van der Waals surface area contributed by atoms with E-state index in [2.05, 4.69) is 31.2 Å².